The van der Waals surface area contributed by atoms with Crippen molar-refractivity contribution >= 4 is 11.9 Å². The fourth-order valence-corrected chi connectivity index (χ4v) is 1.05. The molecule has 1 atom stereocenters. The van der Waals surface area contributed by atoms with Gasteiger partial charge >= 0.3 is 5.97 Å². The quantitative estimate of drug-likeness (QED) is 0.624. The zero-order valence-electron chi connectivity index (χ0n) is 8.95. The molecule has 0 saturated carbocycles. The molecule has 0 aromatic heterocycles. The molecule has 14 heavy (non-hydrogen) atoms. The Morgan fingerprint density at radius 3 is 2.50 bits per heavy atom. The van der Waals surface area contributed by atoms with Crippen LogP contribution in [0.1, 0.15) is 19.8 Å². The topological polar surface area (TPSA) is 72.6 Å². The summed E-state index contributed by atoms with van der Waals surface area (Å²) < 4.78 is 4.44. The zero-order valence-corrected chi connectivity index (χ0v) is 8.95. The molecule has 0 radical (unpaired) electrons. The summed E-state index contributed by atoms with van der Waals surface area (Å²) >= 11 is 0. The van der Waals surface area contributed by atoms with Crippen molar-refractivity contribution in [1.29, 1.82) is 0 Å². The summed E-state index contributed by atoms with van der Waals surface area (Å²) in [5, 5.41) is 0. The predicted molar refractivity (Wildman–Crippen MR) is 52.5 cm³/mol. The number of esters is 1. The van der Waals surface area contributed by atoms with Crippen molar-refractivity contribution in [3.8, 4) is 0 Å². The molecule has 5 heteroatoms. The first-order valence-electron chi connectivity index (χ1n) is 4.60. The van der Waals surface area contributed by atoms with E-state index in [9.17, 15) is 9.59 Å². The number of carbonyl (C=O) groups is 2. The molecule has 0 aliphatic carbocycles. The van der Waals surface area contributed by atoms with Crippen LogP contribution in [0.2, 0.25) is 0 Å². The lowest BCUT2D eigenvalue weighted by Gasteiger charge is -2.19. The molecular formula is C9H18N2O3. The molecule has 0 saturated heterocycles. The van der Waals surface area contributed by atoms with Gasteiger partial charge in [-0.25, -0.2) is 0 Å². The molecule has 0 heterocycles. The molecule has 0 aliphatic rings. The maximum absolute atomic E-state index is 11.5. The number of methoxy groups -OCH3 is 1. The SMILES string of the molecule is CCC[C@@H](N)C(=O)N(C)CC(=O)OC. The van der Waals surface area contributed by atoms with E-state index in [1.54, 1.807) is 0 Å². The van der Waals surface area contributed by atoms with E-state index in [1.807, 2.05) is 6.92 Å². The number of nitrogens with zero attached hydrogens (tertiary/aromatic N) is 1. The average Bonchev–Trinajstić information content (AvgIpc) is 2.16. The molecule has 0 aliphatic heterocycles. The van der Waals surface area contributed by atoms with Gasteiger partial charge in [0.05, 0.1) is 13.2 Å². The van der Waals surface area contributed by atoms with Crippen molar-refractivity contribution in [2.45, 2.75) is 25.8 Å². The van der Waals surface area contributed by atoms with E-state index in [1.165, 1.54) is 19.1 Å². The second-order valence-electron chi connectivity index (χ2n) is 3.17. The smallest absolute Gasteiger partial charge is 0.325 e. The van der Waals surface area contributed by atoms with Gasteiger partial charge in [0.15, 0.2) is 0 Å². The molecule has 82 valence electrons. The minimum Gasteiger partial charge on any atom is -0.468 e. The molecule has 0 spiro atoms. The Bertz CT molecular complexity index is 206. The molecule has 1 amide bonds. The number of likely N-dealkylation sites (N-methyl/N-ethyl adjacent to an activating group) is 1. The third-order valence-corrected chi connectivity index (χ3v) is 1.89. The van der Waals surface area contributed by atoms with Gasteiger partial charge in [-0.05, 0) is 6.42 Å². The normalized spacial score (nSPS) is 12.0. The number of carbonyl (C=O) groups excluding carboxylic acids is 2. The first kappa shape index (κ1) is 12.9. The summed E-state index contributed by atoms with van der Waals surface area (Å²) in [5.74, 6) is -0.665. The second-order valence-corrected chi connectivity index (χ2v) is 3.17. The van der Waals surface area contributed by atoms with Crippen LogP contribution in [0.5, 0.6) is 0 Å². The largest absolute Gasteiger partial charge is 0.468 e. The van der Waals surface area contributed by atoms with Crippen LogP contribution >= 0.6 is 0 Å². The molecule has 0 fully saturated rings. The van der Waals surface area contributed by atoms with E-state index in [0.29, 0.717) is 6.42 Å². The van der Waals surface area contributed by atoms with E-state index in [-0.39, 0.29) is 12.5 Å². The van der Waals surface area contributed by atoms with E-state index in [2.05, 4.69) is 4.74 Å². The van der Waals surface area contributed by atoms with Gasteiger partial charge in [-0.1, -0.05) is 13.3 Å². The van der Waals surface area contributed by atoms with Crippen LogP contribution in [0.25, 0.3) is 0 Å². The number of hydrogen-bond donors (Lipinski definition) is 1. The minimum absolute atomic E-state index is 0.0489. The van der Waals surface area contributed by atoms with E-state index in [0.717, 1.165) is 6.42 Å². The summed E-state index contributed by atoms with van der Waals surface area (Å²) in [7, 11) is 2.82. The molecule has 2 N–H and O–H groups in total. The van der Waals surface area contributed by atoms with Crippen molar-refractivity contribution in [1.82, 2.24) is 4.90 Å². The summed E-state index contributed by atoms with van der Waals surface area (Å²) in [4.78, 5) is 23.6. The van der Waals surface area contributed by atoms with Crippen LogP contribution in [0, 0.1) is 0 Å². The third-order valence-electron chi connectivity index (χ3n) is 1.89. The van der Waals surface area contributed by atoms with Gasteiger partial charge in [-0.3, -0.25) is 9.59 Å². The number of rotatable bonds is 5. The highest BCUT2D eigenvalue weighted by Crippen LogP contribution is 1.98. The predicted octanol–water partition coefficient (Wildman–Crippen LogP) is -0.255. The summed E-state index contributed by atoms with van der Waals surface area (Å²) in [6.45, 7) is 1.90. The highest BCUT2D eigenvalue weighted by Gasteiger charge is 2.19. The Morgan fingerprint density at radius 1 is 1.50 bits per heavy atom. The lowest BCUT2D eigenvalue weighted by atomic mass is 10.1. The Balaban J connectivity index is 4.04. The molecule has 0 bridgehead atoms. The first-order valence-corrected chi connectivity index (χ1v) is 4.60. The summed E-state index contributed by atoms with van der Waals surface area (Å²) in [6, 6.07) is -0.519. The molecule has 5 nitrogen and oxygen atoms in total. The first-order chi connectivity index (χ1) is 6.52. The monoisotopic (exact) mass is 202 g/mol. The van der Waals surface area contributed by atoms with Gasteiger partial charge in [0.25, 0.3) is 0 Å². The van der Waals surface area contributed by atoms with Crippen LogP contribution < -0.4 is 5.73 Å². The minimum atomic E-state index is -0.519. The van der Waals surface area contributed by atoms with Gasteiger partial charge in [-0.2, -0.15) is 0 Å². The van der Waals surface area contributed by atoms with Gasteiger partial charge in [0.2, 0.25) is 5.91 Å². The van der Waals surface area contributed by atoms with Crippen LogP contribution in [-0.2, 0) is 14.3 Å². The van der Waals surface area contributed by atoms with E-state index < -0.39 is 12.0 Å². The number of nitrogens with two attached hydrogens (primary N) is 1. The zero-order chi connectivity index (χ0) is 11.1. The number of amides is 1. The van der Waals surface area contributed by atoms with Crippen molar-refractivity contribution in [3.63, 3.8) is 0 Å². The summed E-state index contributed by atoms with van der Waals surface area (Å²) in [5.41, 5.74) is 5.60. The fraction of sp³-hybridized carbons (Fsp3) is 0.778. The Morgan fingerprint density at radius 2 is 2.07 bits per heavy atom. The number of ether oxygens (including phenoxy) is 1. The highest BCUT2D eigenvalue weighted by atomic mass is 16.5. The molecule has 0 unspecified atom stereocenters. The maximum Gasteiger partial charge on any atom is 0.325 e. The standard InChI is InChI=1S/C9H18N2O3/c1-4-5-7(10)9(13)11(2)6-8(12)14-3/h7H,4-6,10H2,1-3H3/t7-/m1/s1. The summed E-state index contributed by atoms with van der Waals surface area (Å²) in [6.07, 6.45) is 1.48. The maximum atomic E-state index is 11.5. The van der Waals surface area contributed by atoms with Gasteiger partial charge in [0, 0.05) is 7.05 Å². The second kappa shape index (κ2) is 6.37. The van der Waals surface area contributed by atoms with Crippen molar-refractivity contribution in [3.05, 3.63) is 0 Å². The molecule has 0 aromatic rings. The average molecular weight is 202 g/mol. The molecule has 0 rings (SSSR count). The Hall–Kier alpha value is -1.10. The van der Waals surface area contributed by atoms with Gasteiger partial charge in [0.1, 0.15) is 6.54 Å². The molecular weight excluding hydrogens is 184 g/mol. The van der Waals surface area contributed by atoms with E-state index >= 15 is 0 Å². The lowest BCUT2D eigenvalue weighted by molar-refractivity contribution is -0.146. The van der Waals surface area contributed by atoms with Crippen LogP contribution in [0.4, 0.5) is 0 Å². The van der Waals surface area contributed by atoms with Crippen LogP contribution in [0.15, 0.2) is 0 Å². The van der Waals surface area contributed by atoms with Crippen molar-refractivity contribution in [2.75, 3.05) is 20.7 Å². The van der Waals surface area contributed by atoms with Crippen LogP contribution in [-0.4, -0.2) is 43.5 Å². The van der Waals surface area contributed by atoms with E-state index in [4.69, 9.17) is 5.73 Å². The van der Waals surface area contributed by atoms with Crippen LogP contribution in [0.3, 0.4) is 0 Å². The Labute approximate surface area is 84.2 Å². The third kappa shape index (κ3) is 4.23. The van der Waals surface area contributed by atoms with Crippen molar-refractivity contribution in [2.24, 2.45) is 5.73 Å². The fourth-order valence-electron chi connectivity index (χ4n) is 1.05. The van der Waals surface area contributed by atoms with Gasteiger partial charge < -0.3 is 15.4 Å². The lowest BCUT2D eigenvalue weighted by Crippen LogP contribution is -2.43. The highest BCUT2D eigenvalue weighted by molar-refractivity contribution is 5.85. The Kier molecular flexibility index (Phi) is 5.87. The number of hydrogen-bond acceptors (Lipinski definition) is 4. The van der Waals surface area contributed by atoms with Crippen molar-refractivity contribution < 1.29 is 14.3 Å². The van der Waals surface area contributed by atoms with Gasteiger partial charge in [-0.15, -0.1) is 0 Å². The molecule has 0 aromatic carbocycles.